The summed E-state index contributed by atoms with van der Waals surface area (Å²) in [7, 11) is 0. The van der Waals surface area contributed by atoms with Gasteiger partial charge in [-0.1, -0.05) is 53.7 Å². The predicted octanol–water partition coefficient (Wildman–Crippen LogP) is 4.90. The van der Waals surface area contributed by atoms with E-state index in [1.807, 2.05) is 19.1 Å². The molecule has 0 radical (unpaired) electrons. The van der Waals surface area contributed by atoms with Crippen LogP contribution >= 0.6 is 23.4 Å². The largest absolute Gasteiger partial charge is 0.481 e. The number of nitrogens with one attached hydrogen (secondary N) is 1. The molecule has 0 fully saturated rings. The van der Waals surface area contributed by atoms with Crippen molar-refractivity contribution in [2.45, 2.75) is 24.7 Å². The van der Waals surface area contributed by atoms with Crippen LogP contribution in [0.2, 0.25) is 5.02 Å². The number of allylic oxidation sites excluding steroid dienone is 1. The van der Waals surface area contributed by atoms with Gasteiger partial charge in [0.25, 0.3) is 5.69 Å². The fourth-order valence-corrected chi connectivity index (χ4v) is 3.78. The molecular formula is C21H20ClN5O4S. The summed E-state index contributed by atoms with van der Waals surface area (Å²) in [5.74, 6) is 0.653. The summed E-state index contributed by atoms with van der Waals surface area (Å²) in [6.45, 7) is 5.99. The lowest BCUT2D eigenvalue weighted by Gasteiger charge is -2.16. The van der Waals surface area contributed by atoms with E-state index < -0.39 is 16.9 Å². The number of para-hydroxylation sites is 3. The van der Waals surface area contributed by atoms with Crippen LogP contribution in [0.25, 0.3) is 0 Å². The SMILES string of the molecule is C=CCn1c(SCC(=O)Nc2ccccc2[N+](=O)[O-])nnc1C(C)Oc1ccccc1Cl. The maximum absolute atomic E-state index is 12.4. The number of hydrogen-bond donors (Lipinski definition) is 1. The number of anilines is 1. The number of nitrogens with zero attached hydrogens (tertiary/aromatic N) is 4. The number of nitro benzene ring substituents is 1. The summed E-state index contributed by atoms with van der Waals surface area (Å²) in [5, 5.41) is 23.0. The Bertz CT molecular complexity index is 1140. The van der Waals surface area contributed by atoms with Crippen molar-refractivity contribution >= 4 is 40.6 Å². The van der Waals surface area contributed by atoms with Crippen LogP contribution in [-0.4, -0.2) is 31.3 Å². The molecule has 166 valence electrons. The van der Waals surface area contributed by atoms with Gasteiger partial charge in [-0.2, -0.15) is 0 Å². The molecule has 1 N–H and O–H groups in total. The Morgan fingerprint density at radius 1 is 1.31 bits per heavy atom. The number of benzene rings is 2. The van der Waals surface area contributed by atoms with Gasteiger partial charge in [0.2, 0.25) is 5.91 Å². The minimum absolute atomic E-state index is 0.0128. The number of thioether (sulfide) groups is 1. The van der Waals surface area contributed by atoms with Crippen LogP contribution in [0.15, 0.2) is 66.3 Å². The zero-order valence-electron chi connectivity index (χ0n) is 17.1. The quantitative estimate of drug-likeness (QED) is 0.193. The molecule has 3 aromatic rings. The first-order valence-corrected chi connectivity index (χ1v) is 10.9. The zero-order chi connectivity index (χ0) is 23.1. The molecule has 1 amide bonds. The van der Waals surface area contributed by atoms with Crippen LogP contribution < -0.4 is 10.1 Å². The maximum atomic E-state index is 12.4. The molecule has 0 saturated heterocycles. The number of carbonyl (C=O) groups excluding carboxylic acids is 1. The topological polar surface area (TPSA) is 112 Å². The first kappa shape index (κ1) is 23.3. The highest BCUT2D eigenvalue weighted by Gasteiger charge is 2.21. The molecule has 1 heterocycles. The van der Waals surface area contributed by atoms with Gasteiger partial charge in [0.05, 0.1) is 15.7 Å². The van der Waals surface area contributed by atoms with Gasteiger partial charge in [0.15, 0.2) is 17.1 Å². The molecule has 0 spiro atoms. The van der Waals surface area contributed by atoms with E-state index in [4.69, 9.17) is 16.3 Å². The zero-order valence-corrected chi connectivity index (χ0v) is 18.7. The van der Waals surface area contributed by atoms with Crippen molar-refractivity contribution in [3.05, 3.63) is 82.1 Å². The second-order valence-corrected chi connectivity index (χ2v) is 7.89. The van der Waals surface area contributed by atoms with Gasteiger partial charge in [-0.15, -0.1) is 16.8 Å². The first-order valence-electron chi connectivity index (χ1n) is 9.52. The number of hydrogen-bond acceptors (Lipinski definition) is 7. The Morgan fingerprint density at radius 3 is 2.75 bits per heavy atom. The minimum Gasteiger partial charge on any atom is -0.481 e. The molecule has 1 aromatic heterocycles. The normalized spacial score (nSPS) is 11.6. The maximum Gasteiger partial charge on any atom is 0.292 e. The lowest BCUT2D eigenvalue weighted by atomic mass is 10.2. The number of ether oxygens (including phenoxy) is 1. The van der Waals surface area contributed by atoms with E-state index in [9.17, 15) is 14.9 Å². The molecule has 32 heavy (non-hydrogen) atoms. The second kappa shape index (κ2) is 10.8. The van der Waals surface area contributed by atoms with Crippen molar-refractivity contribution in [3.63, 3.8) is 0 Å². The highest BCUT2D eigenvalue weighted by Crippen LogP contribution is 2.30. The number of aromatic nitrogens is 3. The Morgan fingerprint density at radius 2 is 2.03 bits per heavy atom. The third-order valence-corrected chi connectivity index (χ3v) is 5.55. The van der Waals surface area contributed by atoms with Crippen molar-refractivity contribution in [2.24, 2.45) is 0 Å². The Kier molecular flexibility index (Phi) is 7.85. The summed E-state index contributed by atoms with van der Waals surface area (Å²) in [6.07, 6.45) is 1.23. The summed E-state index contributed by atoms with van der Waals surface area (Å²) >= 11 is 7.32. The molecule has 9 nitrogen and oxygen atoms in total. The molecule has 0 saturated carbocycles. The summed E-state index contributed by atoms with van der Waals surface area (Å²) < 4.78 is 7.72. The summed E-state index contributed by atoms with van der Waals surface area (Å²) in [5.41, 5.74) is -0.0355. The van der Waals surface area contributed by atoms with Crippen LogP contribution in [0.4, 0.5) is 11.4 Å². The lowest BCUT2D eigenvalue weighted by molar-refractivity contribution is -0.383. The smallest absolute Gasteiger partial charge is 0.292 e. The van der Waals surface area contributed by atoms with Crippen molar-refractivity contribution in [1.82, 2.24) is 14.8 Å². The van der Waals surface area contributed by atoms with Gasteiger partial charge in [0.1, 0.15) is 11.4 Å². The number of halogens is 1. The molecule has 1 unspecified atom stereocenters. The fourth-order valence-electron chi connectivity index (χ4n) is 2.85. The Balaban J connectivity index is 1.70. The van der Waals surface area contributed by atoms with Gasteiger partial charge in [0, 0.05) is 12.6 Å². The number of carbonyl (C=O) groups is 1. The van der Waals surface area contributed by atoms with Crippen molar-refractivity contribution in [2.75, 3.05) is 11.1 Å². The molecule has 1 atom stereocenters. The monoisotopic (exact) mass is 473 g/mol. The van der Waals surface area contributed by atoms with E-state index in [1.165, 1.54) is 18.2 Å². The van der Waals surface area contributed by atoms with Gasteiger partial charge in [-0.25, -0.2) is 0 Å². The average molecular weight is 474 g/mol. The molecule has 11 heteroatoms. The molecule has 3 rings (SSSR count). The van der Waals surface area contributed by atoms with Gasteiger partial charge < -0.3 is 10.1 Å². The Hall–Kier alpha value is -3.37. The predicted molar refractivity (Wildman–Crippen MR) is 123 cm³/mol. The average Bonchev–Trinajstić information content (AvgIpc) is 3.17. The third kappa shape index (κ3) is 5.65. The van der Waals surface area contributed by atoms with E-state index in [0.29, 0.717) is 28.3 Å². The van der Waals surface area contributed by atoms with Crippen molar-refractivity contribution in [3.8, 4) is 5.75 Å². The van der Waals surface area contributed by atoms with Crippen LogP contribution in [0.5, 0.6) is 5.75 Å². The van der Waals surface area contributed by atoms with E-state index in [0.717, 1.165) is 11.8 Å². The molecule has 0 bridgehead atoms. The molecule has 0 aliphatic rings. The number of nitro groups is 1. The van der Waals surface area contributed by atoms with Crippen LogP contribution in [0.3, 0.4) is 0 Å². The standard InChI is InChI=1S/C21H20ClN5O4S/c1-3-12-26-20(14(2)31-18-11-7-4-8-15(18)22)24-25-21(26)32-13-19(28)23-16-9-5-6-10-17(16)27(29)30/h3-11,14H,1,12-13H2,2H3,(H,23,28). The second-order valence-electron chi connectivity index (χ2n) is 6.54. The lowest BCUT2D eigenvalue weighted by Crippen LogP contribution is -2.16. The number of amides is 1. The van der Waals surface area contributed by atoms with Crippen LogP contribution in [-0.2, 0) is 11.3 Å². The molecule has 0 aliphatic carbocycles. The third-order valence-electron chi connectivity index (χ3n) is 4.27. The highest BCUT2D eigenvalue weighted by atomic mass is 35.5. The molecule has 0 aliphatic heterocycles. The number of rotatable bonds is 10. The Labute approximate surface area is 193 Å². The van der Waals surface area contributed by atoms with Gasteiger partial charge >= 0.3 is 0 Å². The van der Waals surface area contributed by atoms with E-state index >= 15 is 0 Å². The fraction of sp³-hybridized carbons (Fsp3) is 0.190. The minimum atomic E-state index is -0.546. The van der Waals surface area contributed by atoms with Gasteiger partial charge in [-0.3, -0.25) is 19.5 Å². The van der Waals surface area contributed by atoms with Crippen LogP contribution in [0, 0.1) is 10.1 Å². The van der Waals surface area contributed by atoms with E-state index in [1.54, 1.807) is 28.8 Å². The summed E-state index contributed by atoms with van der Waals surface area (Å²) in [4.78, 5) is 22.9. The molecule has 2 aromatic carbocycles. The molecular weight excluding hydrogens is 454 g/mol. The van der Waals surface area contributed by atoms with E-state index in [2.05, 4.69) is 22.1 Å². The first-order chi connectivity index (χ1) is 15.4. The van der Waals surface area contributed by atoms with E-state index in [-0.39, 0.29) is 17.1 Å². The summed E-state index contributed by atoms with van der Waals surface area (Å²) in [6, 6.07) is 13.1. The highest BCUT2D eigenvalue weighted by molar-refractivity contribution is 7.99. The van der Waals surface area contributed by atoms with Gasteiger partial charge in [-0.05, 0) is 25.1 Å². The van der Waals surface area contributed by atoms with Crippen molar-refractivity contribution in [1.29, 1.82) is 0 Å². The van der Waals surface area contributed by atoms with Crippen molar-refractivity contribution < 1.29 is 14.5 Å². The van der Waals surface area contributed by atoms with Crippen LogP contribution in [0.1, 0.15) is 18.9 Å².